The number of carbonyl (C=O) groups is 1. The molecule has 0 radical (unpaired) electrons. The molecule has 1 aliphatic heterocycles. The molecule has 4 unspecified atom stereocenters. The molecule has 2 heterocycles. The van der Waals surface area contributed by atoms with Gasteiger partial charge in [0.2, 0.25) is 5.91 Å². The Kier molecular flexibility index (Phi) is 5.46. The van der Waals surface area contributed by atoms with Crippen molar-refractivity contribution in [3.8, 4) is 0 Å². The summed E-state index contributed by atoms with van der Waals surface area (Å²) in [6.45, 7) is 0.872. The fourth-order valence-corrected chi connectivity index (χ4v) is 4.81. The number of ether oxygens (including phenoxy) is 1. The van der Waals surface area contributed by atoms with Crippen molar-refractivity contribution >= 4 is 44.4 Å². The van der Waals surface area contributed by atoms with Gasteiger partial charge in [-0.15, -0.1) is 0 Å². The van der Waals surface area contributed by atoms with Crippen LogP contribution in [-0.4, -0.2) is 62.6 Å². The highest BCUT2D eigenvalue weighted by Gasteiger charge is 2.45. The van der Waals surface area contributed by atoms with E-state index in [1.165, 1.54) is 30.0 Å². The number of rotatable bonds is 4. The zero-order valence-electron chi connectivity index (χ0n) is 13.3. The average molecular weight is 385 g/mol. The Bertz CT molecular complexity index is 771. The van der Waals surface area contributed by atoms with Crippen LogP contribution in [0.15, 0.2) is 23.1 Å². The molecule has 1 amide bonds. The number of aromatic nitrogens is 1. The normalized spacial score (nSPS) is 29.7. The van der Waals surface area contributed by atoms with Crippen LogP contribution in [0.25, 0.3) is 10.2 Å². The minimum Gasteiger partial charge on any atom is -0.394 e. The van der Waals surface area contributed by atoms with Gasteiger partial charge in [-0.1, -0.05) is 29.2 Å². The maximum absolute atomic E-state index is 11.5. The Morgan fingerprint density at radius 1 is 1.44 bits per heavy atom. The second-order valence-corrected chi connectivity index (χ2v) is 7.91. The highest BCUT2D eigenvalue weighted by Crippen LogP contribution is 2.38. The van der Waals surface area contributed by atoms with Crippen LogP contribution in [0.5, 0.6) is 0 Å². The highest BCUT2D eigenvalue weighted by atomic mass is 32.2. The Labute approximate surface area is 152 Å². The zero-order chi connectivity index (χ0) is 18.1. The quantitative estimate of drug-likeness (QED) is 0.492. The first-order valence-corrected chi connectivity index (χ1v) is 9.31. The number of amides is 1. The van der Waals surface area contributed by atoms with Gasteiger partial charge in [0.05, 0.1) is 22.9 Å². The molecule has 1 aliphatic rings. The lowest BCUT2D eigenvalue weighted by molar-refractivity contribution is -0.173. The van der Waals surface area contributed by atoms with E-state index in [1.54, 1.807) is 0 Å². The number of fused-ring (bicyclic) bond motifs is 1. The van der Waals surface area contributed by atoms with E-state index in [1.807, 2.05) is 18.2 Å². The summed E-state index contributed by atoms with van der Waals surface area (Å²) >= 11 is 2.61. The third kappa shape index (κ3) is 3.73. The molecule has 136 valence electrons. The van der Waals surface area contributed by atoms with Gasteiger partial charge in [0.1, 0.15) is 23.7 Å². The lowest BCUT2D eigenvalue weighted by Crippen LogP contribution is -2.63. The maximum Gasteiger partial charge on any atom is 0.217 e. The summed E-state index contributed by atoms with van der Waals surface area (Å²) in [7, 11) is 0. The van der Waals surface area contributed by atoms with Crippen LogP contribution in [0, 0.1) is 0 Å². The van der Waals surface area contributed by atoms with Gasteiger partial charge in [0.15, 0.2) is 5.13 Å². The molecule has 2 aromatic rings. The number of para-hydroxylation sites is 1. The molecular formula is C15H19N3O5S2. The van der Waals surface area contributed by atoms with E-state index in [-0.39, 0.29) is 5.91 Å². The van der Waals surface area contributed by atoms with E-state index in [9.17, 15) is 20.1 Å². The first-order valence-electron chi connectivity index (χ1n) is 7.62. The van der Waals surface area contributed by atoms with Crippen LogP contribution in [0.1, 0.15) is 6.92 Å². The van der Waals surface area contributed by atoms with Crippen molar-refractivity contribution in [2.45, 2.75) is 41.6 Å². The third-order valence-electron chi connectivity index (χ3n) is 3.89. The van der Waals surface area contributed by atoms with Gasteiger partial charge in [-0.25, -0.2) is 4.98 Å². The minimum atomic E-state index is -1.30. The molecule has 0 saturated carbocycles. The first kappa shape index (κ1) is 18.4. The molecule has 1 saturated heterocycles. The molecule has 6 N–H and O–H groups in total. The molecule has 1 aromatic carbocycles. The molecular weight excluding hydrogens is 366 g/mol. The summed E-state index contributed by atoms with van der Waals surface area (Å²) in [5.74, 6) is -0.357. The van der Waals surface area contributed by atoms with E-state index in [4.69, 9.17) is 10.5 Å². The summed E-state index contributed by atoms with van der Waals surface area (Å²) in [5.41, 5.74) is 5.77. The Hall–Kier alpha value is -1.43. The summed E-state index contributed by atoms with van der Waals surface area (Å²) in [6.07, 6.45) is -3.52. The Morgan fingerprint density at radius 2 is 2.20 bits per heavy atom. The number of hydrogen-bond acceptors (Lipinski definition) is 9. The molecule has 1 fully saturated rings. The van der Waals surface area contributed by atoms with Gasteiger partial charge in [0, 0.05) is 11.8 Å². The summed E-state index contributed by atoms with van der Waals surface area (Å²) in [5, 5.41) is 32.8. The number of nitrogens with two attached hydrogens (primary N) is 1. The van der Waals surface area contributed by atoms with E-state index in [0.29, 0.717) is 10.6 Å². The number of nitrogen functional groups attached to an aromatic ring is 1. The summed E-state index contributed by atoms with van der Waals surface area (Å²) in [4.78, 5) is 16.6. The SMILES string of the molecule is CC(=O)N[C@@H]1C(Sc2cccc3sc(N)nc23)OC(CO)C(O)C1O. The monoisotopic (exact) mass is 385 g/mol. The number of benzene rings is 1. The molecule has 8 nitrogen and oxygen atoms in total. The Balaban J connectivity index is 1.92. The number of hydrogen-bond donors (Lipinski definition) is 5. The number of thiazole rings is 1. The molecule has 0 bridgehead atoms. The smallest absolute Gasteiger partial charge is 0.217 e. The molecule has 0 spiro atoms. The largest absolute Gasteiger partial charge is 0.394 e. The van der Waals surface area contributed by atoms with Crippen LogP contribution in [0.2, 0.25) is 0 Å². The molecule has 3 rings (SSSR count). The number of aliphatic hydroxyl groups excluding tert-OH is 3. The van der Waals surface area contributed by atoms with Crippen molar-refractivity contribution in [2.24, 2.45) is 0 Å². The fraction of sp³-hybridized carbons (Fsp3) is 0.467. The van der Waals surface area contributed by atoms with Crippen molar-refractivity contribution in [3.05, 3.63) is 18.2 Å². The number of nitrogens with zero attached hydrogens (tertiary/aromatic N) is 1. The third-order valence-corrected chi connectivity index (χ3v) is 5.96. The van der Waals surface area contributed by atoms with Crippen LogP contribution >= 0.6 is 23.1 Å². The number of anilines is 1. The number of thioether (sulfide) groups is 1. The second-order valence-electron chi connectivity index (χ2n) is 5.71. The Morgan fingerprint density at radius 3 is 2.88 bits per heavy atom. The highest BCUT2D eigenvalue weighted by molar-refractivity contribution is 8.00. The van der Waals surface area contributed by atoms with Gasteiger partial charge in [-0.05, 0) is 12.1 Å². The zero-order valence-corrected chi connectivity index (χ0v) is 15.0. The van der Waals surface area contributed by atoms with E-state index >= 15 is 0 Å². The van der Waals surface area contributed by atoms with Crippen molar-refractivity contribution in [1.29, 1.82) is 0 Å². The second kappa shape index (κ2) is 7.44. The first-order chi connectivity index (χ1) is 11.9. The van der Waals surface area contributed by atoms with Crippen LogP contribution < -0.4 is 11.1 Å². The van der Waals surface area contributed by atoms with Crippen LogP contribution in [0.4, 0.5) is 5.13 Å². The number of carbonyl (C=O) groups excluding carboxylic acids is 1. The molecule has 5 atom stereocenters. The van der Waals surface area contributed by atoms with Crippen molar-refractivity contribution in [1.82, 2.24) is 10.3 Å². The predicted octanol–water partition coefficient (Wildman–Crippen LogP) is -0.0857. The van der Waals surface area contributed by atoms with Crippen molar-refractivity contribution < 1.29 is 24.9 Å². The van der Waals surface area contributed by atoms with Gasteiger partial charge >= 0.3 is 0 Å². The van der Waals surface area contributed by atoms with Gasteiger partial charge < -0.3 is 31.1 Å². The lowest BCUT2D eigenvalue weighted by Gasteiger charge is -2.42. The predicted molar refractivity (Wildman–Crippen MR) is 95.3 cm³/mol. The van der Waals surface area contributed by atoms with E-state index in [2.05, 4.69) is 10.3 Å². The number of nitrogens with one attached hydrogen (secondary N) is 1. The standard InChI is InChI=1S/C15H19N3O5S2/c1-6(20)17-11-13(22)12(21)7(5-19)23-14(11)24-8-3-2-4-9-10(8)18-15(16)25-9/h2-4,7,11-14,19,21-22H,5H2,1H3,(H2,16,18)(H,17,20)/t7?,11-,12?,13?,14?/m0/s1. The molecule has 10 heteroatoms. The van der Waals surface area contributed by atoms with Crippen molar-refractivity contribution in [2.75, 3.05) is 12.3 Å². The van der Waals surface area contributed by atoms with Gasteiger partial charge in [-0.2, -0.15) is 0 Å². The molecule has 1 aromatic heterocycles. The van der Waals surface area contributed by atoms with E-state index in [0.717, 1.165) is 9.60 Å². The van der Waals surface area contributed by atoms with Crippen LogP contribution in [0.3, 0.4) is 0 Å². The van der Waals surface area contributed by atoms with Crippen LogP contribution in [-0.2, 0) is 9.53 Å². The van der Waals surface area contributed by atoms with Crippen molar-refractivity contribution in [3.63, 3.8) is 0 Å². The number of aliphatic hydroxyl groups is 3. The van der Waals surface area contributed by atoms with Gasteiger partial charge in [0.25, 0.3) is 0 Å². The van der Waals surface area contributed by atoms with E-state index < -0.39 is 36.4 Å². The topological polar surface area (TPSA) is 138 Å². The molecule has 25 heavy (non-hydrogen) atoms. The molecule has 0 aliphatic carbocycles. The van der Waals surface area contributed by atoms with Gasteiger partial charge in [-0.3, -0.25) is 4.79 Å². The average Bonchev–Trinajstić information content (AvgIpc) is 2.95. The minimum absolute atomic E-state index is 0.357. The maximum atomic E-state index is 11.5. The fourth-order valence-electron chi connectivity index (χ4n) is 2.73. The summed E-state index contributed by atoms with van der Waals surface area (Å²) < 4.78 is 6.63. The summed E-state index contributed by atoms with van der Waals surface area (Å²) in [6, 6.07) is 4.75. The lowest BCUT2D eigenvalue weighted by atomic mass is 9.98.